The van der Waals surface area contributed by atoms with Gasteiger partial charge in [0.25, 0.3) is 0 Å². The van der Waals surface area contributed by atoms with Gasteiger partial charge in [0.15, 0.2) is 9.84 Å². The van der Waals surface area contributed by atoms with E-state index in [9.17, 15) is 13.2 Å². The summed E-state index contributed by atoms with van der Waals surface area (Å²) in [4.78, 5) is 10.7. The van der Waals surface area contributed by atoms with Gasteiger partial charge < -0.3 is 10.1 Å². The molecule has 0 saturated heterocycles. The molecule has 0 aromatic carbocycles. The predicted molar refractivity (Wildman–Crippen MR) is 49.3 cm³/mol. The summed E-state index contributed by atoms with van der Waals surface area (Å²) in [6, 6.07) is 0. The van der Waals surface area contributed by atoms with Crippen molar-refractivity contribution in [3.8, 4) is 0 Å². The molecular weight excluding hydrogens is 194 g/mol. The van der Waals surface area contributed by atoms with Gasteiger partial charge in [-0.25, -0.2) is 13.2 Å². The molecule has 0 aromatic rings. The average Bonchev–Trinajstić information content (AvgIpc) is 1.98. The van der Waals surface area contributed by atoms with E-state index in [0.717, 1.165) is 6.26 Å². The second-order valence-electron chi connectivity index (χ2n) is 2.44. The van der Waals surface area contributed by atoms with Gasteiger partial charge in [-0.15, -0.1) is 6.58 Å². The lowest BCUT2D eigenvalue weighted by Gasteiger charge is -2.03. The smallest absolute Gasteiger partial charge is 0.407 e. The van der Waals surface area contributed by atoms with Crippen LogP contribution in [-0.2, 0) is 14.6 Å². The number of carbonyl (C=O) groups is 1. The highest BCUT2D eigenvalue weighted by molar-refractivity contribution is 7.90. The van der Waals surface area contributed by atoms with Crippen molar-refractivity contribution in [2.75, 3.05) is 25.2 Å². The van der Waals surface area contributed by atoms with Crippen LogP contribution >= 0.6 is 0 Å². The first-order valence-electron chi connectivity index (χ1n) is 3.65. The van der Waals surface area contributed by atoms with E-state index in [1.165, 1.54) is 6.08 Å². The molecule has 6 heteroatoms. The molecule has 0 heterocycles. The second-order valence-corrected chi connectivity index (χ2v) is 4.70. The molecule has 0 fully saturated rings. The van der Waals surface area contributed by atoms with Crippen LogP contribution in [0.1, 0.15) is 0 Å². The number of carbonyl (C=O) groups excluding carboxylic acids is 1. The monoisotopic (exact) mass is 207 g/mol. The molecule has 0 aliphatic heterocycles. The Bertz CT molecular complexity index is 270. The zero-order valence-electron chi connectivity index (χ0n) is 7.45. The lowest BCUT2D eigenvalue weighted by molar-refractivity contribution is 0.154. The Balaban J connectivity index is 3.54. The number of alkyl carbamates (subject to hydrolysis) is 1. The van der Waals surface area contributed by atoms with Gasteiger partial charge in [0.1, 0.15) is 6.61 Å². The molecule has 0 aliphatic rings. The summed E-state index contributed by atoms with van der Waals surface area (Å²) in [7, 11) is -3.07. The fourth-order valence-electron chi connectivity index (χ4n) is 0.492. The molecule has 0 spiro atoms. The number of sulfone groups is 1. The van der Waals surface area contributed by atoms with E-state index in [0.29, 0.717) is 6.54 Å². The minimum atomic E-state index is -3.07. The van der Waals surface area contributed by atoms with Crippen molar-refractivity contribution in [3.63, 3.8) is 0 Å². The van der Waals surface area contributed by atoms with Gasteiger partial charge in [0.2, 0.25) is 0 Å². The summed E-state index contributed by atoms with van der Waals surface area (Å²) in [5, 5.41) is 2.34. The maximum atomic E-state index is 10.7. The third-order valence-electron chi connectivity index (χ3n) is 1.08. The first kappa shape index (κ1) is 12.0. The topological polar surface area (TPSA) is 72.5 Å². The SMILES string of the molecule is C=CCNC(=O)OCCS(C)(=O)=O. The van der Waals surface area contributed by atoms with E-state index >= 15 is 0 Å². The number of hydrogen-bond donors (Lipinski definition) is 1. The summed E-state index contributed by atoms with van der Waals surface area (Å²) in [6.07, 6.45) is 1.94. The molecule has 76 valence electrons. The normalized spacial score (nSPS) is 10.5. The first-order valence-corrected chi connectivity index (χ1v) is 5.71. The van der Waals surface area contributed by atoms with E-state index in [4.69, 9.17) is 0 Å². The third kappa shape index (κ3) is 8.87. The largest absolute Gasteiger partial charge is 0.448 e. The van der Waals surface area contributed by atoms with Crippen LogP contribution in [0.3, 0.4) is 0 Å². The third-order valence-corrected chi connectivity index (χ3v) is 1.99. The Hall–Kier alpha value is -1.04. The van der Waals surface area contributed by atoms with Gasteiger partial charge in [-0.1, -0.05) is 6.08 Å². The van der Waals surface area contributed by atoms with E-state index in [2.05, 4.69) is 16.6 Å². The maximum Gasteiger partial charge on any atom is 0.407 e. The minimum absolute atomic E-state index is 0.123. The van der Waals surface area contributed by atoms with Gasteiger partial charge in [0, 0.05) is 12.8 Å². The molecule has 0 atom stereocenters. The molecule has 13 heavy (non-hydrogen) atoms. The maximum absolute atomic E-state index is 10.7. The van der Waals surface area contributed by atoms with E-state index < -0.39 is 15.9 Å². The minimum Gasteiger partial charge on any atom is -0.448 e. The fourth-order valence-corrected chi connectivity index (χ4v) is 0.878. The molecule has 0 saturated carbocycles. The van der Waals surface area contributed by atoms with Crippen LogP contribution in [0.5, 0.6) is 0 Å². The lowest BCUT2D eigenvalue weighted by atomic mass is 10.6. The number of rotatable bonds is 5. The van der Waals surface area contributed by atoms with Crippen LogP contribution in [0.25, 0.3) is 0 Å². The highest BCUT2D eigenvalue weighted by atomic mass is 32.2. The molecular formula is C7H13NO4S. The van der Waals surface area contributed by atoms with E-state index in [1.807, 2.05) is 0 Å². The van der Waals surface area contributed by atoms with Crippen LogP contribution in [-0.4, -0.2) is 39.7 Å². The summed E-state index contributed by atoms with van der Waals surface area (Å²) >= 11 is 0. The zero-order chi connectivity index (χ0) is 10.3. The fraction of sp³-hybridized carbons (Fsp3) is 0.571. The standard InChI is InChI=1S/C7H13NO4S/c1-3-4-8-7(9)12-5-6-13(2,10)11/h3H,1,4-6H2,2H3,(H,8,9). The highest BCUT2D eigenvalue weighted by Crippen LogP contribution is 1.84. The summed E-state index contributed by atoms with van der Waals surface area (Å²) in [5.41, 5.74) is 0. The van der Waals surface area contributed by atoms with Crippen LogP contribution in [0.2, 0.25) is 0 Å². The van der Waals surface area contributed by atoms with Crippen molar-refractivity contribution >= 4 is 15.9 Å². The molecule has 5 nitrogen and oxygen atoms in total. The lowest BCUT2D eigenvalue weighted by Crippen LogP contribution is -2.26. The summed E-state index contributed by atoms with van der Waals surface area (Å²) in [5.74, 6) is -0.158. The number of amides is 1. The number of hydrogen-bond acceptors (Lipinski definition) is 4. The highest BCUT2D eigenvalue weighted by Gasteiger charge is 2.04. The van der Waals surface area contributed by atoms with Crippen molar-refractivity contribution in [1.29, 1.82) is 0 Å². The molecule has 0 bridgehead atoms. The number of nitrogens with one attached hydrogen (secondary N) is 1. The van der Waals surface area contributed by atoms with E-state index in [-0.39, 0.29) is 12.4 Å². The van der Waals surface area contributed by atoms with Crippen molar-refractivity contribution < 1.29 is 17.9 Å². The van der Waals surface area contributed by atoms with Crippen molar-refractivity contribution in [2.45, 2.75) is 0 Å². The Morgan fingerprint density at radius 1 is 1.62 bits per heavy atom. The van der Waals surface area contributed by atoms with Crippen molar-refractivity contribution in [1.82, 2.24) is 5.32 Å². The van der Waals surface area contributed by atoms with Crippen molar-refractivity contribution in [2.24, 2.45) is 0 Å². The first-order chi connectivity index (χ1) is 5.95. The second kappa shape index (κ2) is 5.58. The Morgan fingerprint density at radius 3 is 2.69 bits per heavy atom. The molecule has 1 N–H and O–H groups in total. The van der Waals surface area contributed by atoms with E-state index in [1.54, 1.807) is 0 Å². The summed E-state index contributed by atoms with van der Waals surface area (Å²) in [6.45, 7) is 3.57. The van der Waals surface area contributed by atoms with Gasteiger partial charge in [0.05, 0.1) is 5.75 Å². The van der Waals surface area contributed by atoms with Gasteiger partial charge in [-0.2, -0.15) is 0 Å². The van der Waals surface area contributed by atoms with Crippen LogP contribution in [0, 0.1) is 0 Å². The van der Waals surface area contributed by atoms with Crippen LogP contribution < -0.4 is 5.32 Å². The summed E-state index contributed by atoms with van der Waals surface area (Å²) < 4.78 is 25.7. The van der Waals surface area contributed by atoms with Crippen LogP contribution in [0.15, 0.2) is 12.7 Å². The predicted octanol–water partition coefficient (Wildman–Crippen LogP) is -0.0568. The Morgan fingerprint density at radius 2 is 2.23 bits per heavy atom. The van der Waals surface area contributed by atoms with Gasteiger partial charge in [-0.05, 0) is 0 Å². The Kier molecular flexibility index (Phi) is 5.13. The molecule has 0 aromatic heterocycles. The average molecular weight is 207 g/mol. The zero-order valence-corrected chi connectivity index (χ0v) is 8.26. The Labute approximate surface area is 77.7 Å². The number of ether oxygens (including phenoxy) is 1. The quantitative estimate of drug-likeness (QED) is 0.641. The van der Waals surface area contributed by atoms with Gasteiger partial charge in [-0.3, -0.25) is 0 Å². The molecule has 0 radical (unpaired) electrons. The molecule has 0 rings (SSSR count). The molecule has 1 amide bonds. The van der Waals surface area contributed by atoms with Gasteiger partial charge >= 0.3 is 6.09 Å². The molecule has 0 aliphatic carbocycles. The van der Waals surface area contributed by atoms with Crippen LogP contribution in [0.4, 0.5) is 4.79 Å². The van der Waals surface area contributed by atoms with Crippen molar-refractivity contribution in [3.05, 3.63) is 12.7 Å². The molecule has 0 unspecified atom stereocenters.